The molecule has 2 amide bonds. The van der Waals surface area contributed by atoms with E-state index in [1.807, 2.05) is 24.4 Å². The topological polar surface area (TPSA) is 84.0 Å². The number of hydrogen-bond donors (Lipinski definition) is 2. The predicted molar refractivity (Wildman–Crippen MR) is 110 cm³/mol. The summed E-state index contributed by atoms with van der Waals surface area (Å²) < 4.78 is 0. The van der Waals surface area contributed by atoms with Gasteiger partial charge in [0.15, 0.2) is 0 Å². The number of carbonyl (C=O) groups is 2. The smallest absolute Gasteiger partial charge is 0.251 e. The van der Waals surface area contributed by atoms with Crippen LogP contribution in [0.3, 0.4) is 0 Å². The summed E-state index contributed by atoms with van der Waals surface area (Å²) in [5.41, 5.74) is 2.18. The van der Waals surface area contributed by atoms with Crippen molar-refractivity contribution in [3.05, 3.63) is 69.8 Å². The van der Waals surface area contributed by atoms with Gasteiger partial charge in [0, 0.05) is 33.9 Å². The van der Waals surface area contributed by atoms with Crippen LogP contribution in [0.4, 0.5) is 0 Å². The van der Waals surface area contributed by atoms with E-state index in [0.717, 1.165) is 16.3 Å². The van der Waals surface area contributed by atoms with Gasteiger partial charge in [-0.05, 0) is 50.2 Å². The van der Waals surface area contributed by atoms with Gasteiger partial charge in [0.05, 0.1) is 11.7 Å². The first kappa shape index (κ1) is 20.0. The van der Waals surface area contributed by atoms with Crippen molar-refractivity contribution >= 4 is 34.8 Å². The molecular weight excluding hydrogens is 396 g/mol. The first-order valence-electron chi connectivity index (χ1n) is 8.66. The van der Waals surface area contributed by atoms with Crippen LogP contribution in [0.15, 0.2) is 54.2 Å². The first-order chi connectivity index (χ1) is 13.4. The van der Waals surface area contributed by atoms with E-state index in [9.17, 15) is 9.59 Å². The van der Waals surface area contributed by atoms with Crippen molar-refractivity contribution in [2.24, 2.45) is 0 Å². The number of nitrogens with zero attached hydrogens (tertiary/aromatic N) is 2. The van der Waals surface area contributed by atoms with E-state index in [-0.39, 0.29) is 17.9 Å². The zero-order chi connectivity index (χ0) is 20.1. The van der Waals surface area contributed by atoms with Crippen molar-refractivity contribution in [1.29, 1.82) is 0 Å². The summed E-state index contributed by atoms with van der Waals surface area (Å²) >= 11 is 7.29. The molecular formula is C20H19ClN4O2S. The Kier molecular flexibility index (Phi) is 6.38. The van der Waals surface area contributed by atoms with Gasteiger partial charge in [-0.1, -0.05) is 11.6 Å². The van der Waals surface area contributed by atoms with Gasteiger partial charge in [0.1, 0.15) is 11.0 Å². The number of hydrogen-bond acceptors (Lipinski definition) is 5. The van der Waals surface area contributed by atoms with E-state index >= 15 is 0 Å². The number of benzene rings is 1. The van der Waals surface area contributed by atoms with Crippen LogP contribution in [0.1, 0.15) is 35.3 Å². The fourth-order valence-electron chi connectivity index (χ4n) is 2.48. The third kappa shape index (κ3) is 4.94. The fraction of sp³-hybridized carbons (Fsp3) is 0.200. The number of nitrogens with one attached hydrogen (secondary N) is 2. The zero-order valence-electron chi connectivity index (χ0n) is 15.3. The van der Waals surface area contributed by atoms with E-state index in [1.54, 1.807) is 43.6 Å². The van der Waals surface area contributed by atoms with Crippen LogP contribution >= 0.6 is 22.9 Å². The van der Waals surface area contributed by atoms with Crippen LogP contribution < -0.4 is 10.6 Å². The minimum atomic E-state index is -0.691. The van der Waals surface area contributed by atoms with E-state index in [4.69, 9.17) is 11.6 Å². The number of amides is 2. The molecule has 0 saturated heterocycles. The average Bonchev–Trinajstić information content (AvgIpc) is 3.19. The Hall–Kier alpha value is -2.77. The Labute approximate surface area is 172 Å². The normalized spacial score (nSPS) is 12.8. The molecule has 0 aliphatic rings. The van der Waals surface area contributed by atoms with E-state index in [1.165, 1.54) is 11.3 Å². The standard InChI is InChI=1S/C20H19ClN4O2S/c1-12(23-19(27)14-5-7-16(21)8-6-14)18(26)24-13(2)20-25-17(11-28-20)15-4-3-9-22-10-15/h3-13H,1-2H3,(H,23,27)(H,24,26). The van der Waals surface area contributed by atoms with Gasteiger partial charge in [-0.2, -0.15) is 0 Å². The van der Waals surface area contributed by atoms with Crippen LogP contribution in [0.5, 0.6) is 0 Å². The summed E-state index contributed by atoms with van der Waals surface area (Å²) in [6.45, 7) is 3.50. The molecule has 2 N–H and O–H groups in total. The van der Waals surface area contributed by atoms with Gasteiger partial charge in [0.25, 0.3) is 5.91 Å². The third-order valence-corrected chi connectivity index (χ3v) is 5.34. The lowest BCUT2D eigenvalue weighted by Gasteiger charge is -2.17. The maximum absolute atomic E-state index is 12.4. The molecule has 0 saturated carbocycles. The molecule has 8 heteroatoms. The molecule has 2 aromatic heterocycles. The minimum Gasteiger partial charge on any atom is -0.345 e. The Morgan fingerprint density at radius 1 is 1.11 bits per heavy atom. The summed E-state index contributed by atoms with van der Waals surface area (Å²) in [6, 6.07) is 9.30. The van der Waals surface area contributed by atoms with Crippen molar-refractivity contribution < 1.29 is 9.59 Å². The van der Waals surface area contributed by atoms with E-state index in [0.29, 0.717) is 10.6 Å². The van der Waals surface area contributed by atoms with Crippen molar-refractivity contribution in [1.82, 2.24) is 20.6 Å². The molecule has 2 atom stereocenters. The van der Waals surface area contributed by atoms with Gasteiger partial charge in [-0.15, -0.1) is 11.3 Å². The number of pyridine rings is 1. The lowest BCUT2D eigenvalue weighted by atomic mass is 10.2. The molecule has 0 spiro atoms. The maximum Gasteiger partial charge on any atom is 0.251 e. The molecule has 28 heavy (non-hydrogen) atoms. The number of carbonyl (C=O) groups excluding carboxylic acids is 2. The molecule has 3 aromatic rings. The third-order valence-electron chi connectivity index (χ3n) is 4.06. The second-order valence-electron chi connectivity index (χ2n) is 6.25. The minimum absolute atomic E-state index is 0.280. The Morgan fingerprint density at radius 2 is 1.86 bits per heavy atom. The van der Waals surface area contributed by atoms with Gasteiger partial charge >= 0.3 is 0 Å². The molecule has 0 aliphatic carbocycles. The SMILES string of the molecule is CC(NC(=O)c1ccc(Cl)cc1)C(=O)NC(C)c1nc(-c2cccnc2)cs1. The lowest BCUT2D eigenvalue weighted by Crippen LogP contribution is -2.45. The number of halogens is 1. The highest BCUT2D eigenvalue weighted by molar-refractivity contribution is 7.10. The molecule has 0 aliphatic heterocycles. The maximum atomic E-state index is 12.4. The van der Waals surface area contributed by atoms with Gasteiger partial charge in [-0.3, -0.25) is 14.6 Å². The average molecular weight is 415 g/mol. The number of aromatic nitrogens is 2. The van der Waals surface area contributed by atoms with Crippen LogP contribution in [0, 0.1) is 0 Å². The van der Waals surface area contributed by atoms with Crippen molar-refractivity contribution in [2.45, 2.75) is 25.9 Å². The summed E-state index contributed by atoms with van der Waals surface area (Å²) in [5, 5.41) is 8.83. The van der Waals surface area contributed by atoms with Crippen LogP contribution in [0.2, 0.25) is 5.02 Å². The summed E-state index contributed by atoms with van der Waals surface area (Å²) in [6.07, 6.45) is 3.45. The summed E-state index contributed by atoms with van der Waals surface area (Å²) in [4.78, 5) is 33.3. The van der Waals surface area contributed by atoms with Crippen molar-refractivity contribution in [3.63, 3.8) is 0 Å². The van der Waals surface area contributed by atoms with Crippen LogP contribution in [-0.2, 0) is 4.79 Å². The molecule has 2 heterocycles. The van der Waals surface area contributed by atoms with E-state index < -0.39 is 6.04 Å². The van der Waals surface area contributed by atoms with Crippen LogP contribution in [0.25, 0.3) is 11.3 Å². The molecule has 2 unspecified atom stereocenters. The second-order valence-corrected chi connectivity index (χ2v) is 7.57. The molecule has 3 rings (SSSR count). The molecule has 1 aromatic carbocycles. The number of rotatable bonds is 6. The van der Waals surface area contributed by atoms with Gasteiger partial charge in [-0.25, -0.2) is 4.98 Å². The Morgan fingerprint density at radius 3 is 2.54 bits per heavy atom. The lowest BCUT2D eigenvalue weighted by molar-refractivity contribution is -0.123. The predicted octanol–water partition coefficient (Wildman–Crippen LogP) is 3.85. The summed E-state index contributed by atoms with van der Waals surface area (Å²) in [5.74, 6) is -0.618. The molecule has 6 nitrogen and oxygen atoms in total. The van der Waals surface area contributed by atoms with Crippen LogP contribution in [-0.4, -0.2) is 27.8 Å². The fourth-order valence-corrected chi connectivity index (χ4v) is 3.44. The second kappa shape index (κ2) is 8.95. The zero-order valence-corrected chi connectivity index (χ0v) is 16.9. The highest BCUT2D eigenvalue weighted by Crippen LogP contribution is 2.24. The Bertz CT molecular complexity index is 960. The molecule has 0 radical (unpaired) electrons. The summed E-state index contributed by atoms with van der Waals surface area (Å²) in [7, 11) is 0. The Balaban J connectivity index is 1.58. The monoisotopic (exact) mass is 414 g/mol. The first-order valence-corrected chi connectivity index (χ1v) is 9.92. The van der Waals surface area contributed by atoms with Crippen molar-refractivity contribution in [3.8, 4) is 11.3 Å². The van der Waals surface area contributed by atoms with Crippen molar-refractivity contribution in [2.75, 3.05) is 0 Å². The molecule has 144 valence electrons. The molecule has 0 fully saturated rings. The largest absolute Gasteiger partial charge is 0.345 e. The van der Waals surface area contributed by atoms with Gasteiger partial charge < -0.3 is 10.6 Å². The van der Waals surface area contributed by atoms with E-state index in [2.05, 4.69) is 20.6 Å². The quantitative estimate of drug-likeness (QED) is 0.641. The number of thiazole rings is 1. The molecule has 0 bridgehead atoms. The highest BCUT2D eigenvalue weighted by atomic mass is 35.5. The highest BCUT2D eigenvalue weighted by Gasteiger charge is 2.20. The van der Waals surface area contributed by atoms with Gasteiger partial charge in [0.2, 0.25) is 5.91 Å².